The normalized spacial score (nSPS) is 24.6. The van der Waals surface area contributed by atoms with E-state index in [9.17, 15) is 13.5 Å². The number of aliphatic hydroxyl groups is 1. The molecule has 0 aliphatic carbocycles. The third-order valence-electron chi connectivity index (χ3n) is 3.19. The smallest absolute Gasteiger partial charge is 0.156 e. The lowest BCUT2D eigenvalue weighted by Gasteiger charge is -2.19. The first kappa shape index (κ1) is 15.1. The van der Waals surface area contributed by atoms with Crippen LogP contribution in [-0.2, 0) is 16.4 Å². The SMILES string of the molecule is CNCc1ccc(OC)cc1OC1CS(=O)(=O)CC1O. The minimum Gasteiger partial charge on any atom is -0.497 e. The molecule has 7 heteroatoms. The molecule has 2 N–H and O–H groups in total. The highest BCUT2D eigenvalue weighted by atomic mass is 32.2. The highest BCUT2D eigenvalue weighted by molar-refractivity contribution is 7.91. The zero-order valence-corrected chi connectivity index (χ0v) is 12.3. The van der Waals surface area contributed by atoms with Crippen LogP contribution in [0, 0.1) is 0 Å². The standard InChI is InChI=1S/C13H19NO5S/c1-14-6-9-3-4-10(18-2)5-12(9)19-13-8-20(16,17)7-11(13)15/h3-5,11,13-15H,6-8H2,1-2H3. The molecule has 1 aliphatic rings. The fourth-order valence-electron chi connectivity index (χ4n) is 2.18. The van der Waals surface area contributed by atoms with Crippen molar-refractivity contribution in [3.8, 4) is 11.5 Å². The Morgan fingerprint density at radius 3 is 2.70 bits per heavy atom. The molecule has 20 heavy (non-hydrogen) atoms. The van der Waals surface area contributed by atoms with Gasteiger partial charge in [-0.2, -0.15) is 0 Å². The van der Waals surface area contributed by atoms with Gasteiger partial charge < -0.3 is 19.9 Å². The highest BCUT2D eigenvalue weighted by Crippen LogP contribution is 2.28. The van der Waals surface area contributed by atoms with Gasteiger partial charge in [0, 0.05) is 18.2 Å². The number of nitrogens with one attached hydrogen (secondary N) is 1. The molecule has 6 nitrogen and oxygen atoms in total. The number of aliphatic hydroxyl groups excluding tert-OH is 1. The summed E-state index contributed by atoms with van der Waals surface area (Å²) in [6.07, 6.45) is -1.73. The van der Waals surface area contributed by atoms with Crippen molar-refractivity contribution < 1.29 is 23.0 Å². The van der Waals surface area contributed by atoms with Gasteiger partial charge >= 0.3 is 0 Å². The zero-order chi connectivity index (χ0) is 14.8. The maximum absolute atomic E-state index is 11.5. The van der Waals surface area contributed by atoms with Crippen LogP contribution in [0.15, 0.2) is 18.2 Å². The van der Waals surface area contributed by atoms with Gasteiger partial charge in [-0.05, 0) is 13.1 Å². The van der Waals surface area contributed by atoms with E-state index in [2.05, 4.69) is 5.32 Å². The Balaban J connectivity index is 2.23. The number of ether oxygens (including phenoxy) is 2. The molecule has 1 aromatic carbocycles. The number of rotatable bonds is 5. The second-order valence-corrected chi connectivity index (χ2v) is 6.96. The summed E-state index contributed by atoms with van der Waals surface area (Å²) in [5.74, 6) is 0.739. The molecule has 1 heterocycles. The van der Waals surface area contributed by atoms with E-state index in [-0.39, 0.29) is 11.5 Å². The number of benzene rings is 1. The summed E-state index contributed by atoms with van der Waals surface area (Å²) in [5, 5.41) is 12.8. The fraction of sp³-hybridized carbons (Fsp3) is 0.538. The molecular weight excluding hydrogens is 282 g/mol. The van der Waals surface area contributed by atoms with E-state index in [0.29, 0.717) is 18.0 Å². The van der Waals surface area contributed by atoms with Gasteiger partial charge in [-0.15, -0.1) is 0 Å². The lowest BCUT2D eigenvalue weighted by molar-refractivity contribution is 0.0729. The van der Waals surface area contributed by atoms with E-state index in [1.54, 1.807) is 19.2 Å². The van der Waals surface area contributed by atoms with Crippen LogP contribution in [0.2, 0.25) is 0 Å². The summed E-state index contributed by atoms with van der Waals surface area (Å²) < 4.78 is 33.8. The molecule has 1 fully saturated rings. The minimum atomic E-state index is -3.23. The van der Waals surface area contributed by atoms with E-state index < -0.39 is 22.0 Å². The molecule has 2 rings (SSSR count). The highest BCUT2D eigenvalue weighted by Gasteiger charge is 2.38. The average Bonchev–Trinajstić information content (AvgIpc) is 2.64. The van der Waals surface area contributed by atoms with Crippen LogP contribution < -0.4 is 14.8 Å². The van der Waals surface area contributed by atoms with E-state index in [1.807, 2.05) is 13.1 Å². The minimum absolute atomic E-state index is 0.162. The first-order chi connectivity index (χ1) is 9.45. The Labute approximate surface area is 118 Å². The Kier molecular flexibility index (Phi) is 4.52. The lowest BCUT2D eigenvalue weighted by atomic mass is 10.1. The molecule has 0 aromatic heterocycles. The third-order valence-corrected chi connectivity index (χ3v) is 4.88. The molecule has 2 atom stereocenters. The molecule has 0 spiro atoms. The van der Waals surface area contributed by atoms with Crippen LogP contribution in [0.25, 0.3) is 0 Å². The van der Waals surface area contributed by atoms with Gasteiger partial charge in [0.25, 0.3) is 0 Å². The van der Waals surface area contributed by atoms with Crippen LogP contribution in [0.5, 0.6) is 11.5 Å². The van der Waals surface area contributed by atoms with Gasteiger partial charge in [-0.25, -0.2) is 8.42 Å². The predicted molar refractivity (Wildman–Crippen MR) is 74.8 cm³/mol. The van der Waals surface area contributed by atoms with Crippen LogP contribution in [-0.4, -0.2) is 51.4 Å². The average molecular weight is 301 g/mol. The Bertz CT molecular complexity index is 572. The quantitative estimate of drug-likeness (QED) is 0.793. The van der Waals surface area contributed by atoms with Gasteiger partial charge in [-0.1, -0.05) is 6.07 Å². The Morgan fingerprint density at radius 2 is 2.15 bits per heavy atom. The fourth-order valence-corrected chi connectivity index (χ4v) is 3.84. The summed E-state index contributed by atoms with van der Waals surface area (Å²) >= 11 is 0. The van der Waals surface area contributed by atoms with Crippen molar-refractivity contribution in [2.45, 2.75) is 18.8 Å². The van der Waals surface area contributed by atoms with Crippen LogP contribution in [0.1, 0.15) is 5.56 Å². The van der Waals surface area contributed by atoms with Crippen molar-refractivity contribution in [3.05, 3.63) is 23.8 Å². The van der Waals surface area contributed by atoms with Crippen LogP contribution in [0.3, 0.4) is 0 Å². The topological polar surface area (TPSA) is 84.9 Å². The second-order valence-electron chi connectivity index (χ2n) is 4.80. The Hall–Kier alpha value is -1.31. The summed E-state index contributed by atoms with van der Waals surface area (Å²) in [4.78, 5) is 0. The first-order valence-corrected chi connectivity index (χ1v) is 8.14. The largest absolute Gasteiger partial charge is 0.497 e. The predicted octanol–water partition coefficient (Wildman–Crippen LogP) is -0.0487. The van der Waals surface area contributed by atoms with Crippen molar-refractivity contribution in [2.75, 3.05) is 25.7 Å². The van der Waals surface area contributed by atoms with Crippen molar-refractivity contribution in [1.82, 2.24) is 5.32 Å². The van der Waals surface area contributed by atoms with Gasteiger partial charge in [-0.3, -0.25) is 0 Å². The van der Waals surface area contributed by atoms with E-state index in [1.165, 1.54) is 0 Å². The van der Waals surface area contributed by atoms with Crippen molar-refractivity contribution in [3.63, 3.8) is 0 Å². The summed E-state index contributed by atoms with van der Waals surface area (Å²) in [6, 6.07) is 5.35. The number of sulfone groups is 1. The Morgan fingerprint density at radius 1 is 1.40 bits per heavy atom. The van der Waals surface area contributed by atoms with Crippen molar-refractivity contribution in [1.29, 1.82) is 0 Å². The molecule has 0 amide bonds. The maximum atomic E-state index is 11.5. The van der Waals surface area contributed by atoms with Gasteiger partial charge in [0.15, 0.2) is 9.84 Å². The number of methoxy groups -OCH3 is 1. The van der Waals surface area contributed by atoms with Crippen molar-refractivity contribution in [2.24, 2.45) is 0 Å². The molecule has 0 saturated carbocycles. The summed E-state index contributed by atoms with van der Waals surface area (Å²) in [5.41, 5.74) is 0.879. The van der Waals surface area contributed by atoms with Crippen molar-refractivity contribution >= 4 is 9.84 Å². The van der Waals surface area contributed by atoms with Crippen LogP contribution in [0.4, 0.5) is 0 Å². The van der Waals surface area contributed by atoms with Gasteiger partial charge in [0.1, 0.15) is 23.7 Å². The molecule has 0 bridgehead atoms. The number of hydrogen-bond acceptors (Lipinski definition) is 6. The van der Waals surface area contributed by atoms with Gasteiger partial charge in [0.2, 0.25) is 0 Å². The summed E-state index contributed by atoms with van der Waals surface area (Å²) in [6.45, 7) is 0.578. The number of hydrogen-bond donors (Lipinski definition) is 2. The molecule has 112 valence electrons. The molecule has 1 saturated heterocycles. The molecule has 1 aromatic rings. The third kappa shape index (κ3) is 3.41. The summed E-state index contributed by atoms with van der Waals surface area (Å²) in [7, 11) is 0.128. The molecule has 2 unspecified atom stereocenters. The first-order valence-electron chi connectivity index (χ1n) is 6.32. The van der Waals surface area contributed by atoms with E-state index >= 15 is 0 Å². The maximum Gasteiger partial charge on any atom is 0.156 e. The molecular formula is C13H19NO5S. The zero-order valence-electron chi connectivity index (χ0n) is 11.5. The van der Waals surface area contributed by atoms with Gasteiger partial charge in [0.05, 0.1) is 18.6 Å². The molecule has 1 aliphatic heterocycles. The second kappa shape index (κ2) is 5.99. The monoisotopic (exact) mass is 301 g/mol. The van der Waals surface area contributed by atoms with Crippen LogP contribution >= 0.6 is 0 Å². The van der Waals surface area contributed by atoms with E-state index in [0.717, 1.165) is 5.56 Å². The lowest BCUT2D eigenvalue weighted by Crippen LogP contribution is -2.30. The van der Waals surface area contributed by atoms with E-state index in [4.69, 9.17) is 9.47 Å². The molecule has 0 radical (unpaired) electrons.